The maximum absolute atomic E-state index is 6.88. The molecule has 0 spiro atoms. The van der Waals surface area contributed by atoms with Crippen LogP contribution in [0.5, 0.6) is 0 Å². The van der Waals surface area contributed by atoms with E-state index in [0.29, 0.717) is 0 Å². The minimum atomic E-state index is 0.838. The third kappa shape index (κ3) is 4.17. The smallest absolute Gasteiger partial charge is 0.147 e. The van der Waals surface area contributed by atoms with Crippen molar-refractivity contribution in [3.05, 3.63) is 182 Å². The number of rotatable bonds is 3. The van der Waals surface area contributed by atoms with E-state index in [2.05, 4.69) is 176 Å². The normalized spacial score (nSPS) is 12.1. The van der Waals surface area contributed by atoms with Gasteiger partial charge in [-0.3, -0.25) is 0 Å². The van der Waals surface area contributed by atoms with Crippen LogP contribution in [0.4, 0.5) is 0 Å². The number of benzene rings is 10. The molecule has 0 unspecified atom stereocenters. The molecular formula is C52H30O2. The van der Waals surface area contributed by atoms with Gasteiger partial charge in [0.05, 0.1) is 5.39 Å². The minimum Gasteiger partial charge on any atom is -0.455 e. The zero-order chi connectivity index (χ0) is 35.3. The molecule has 250 valence electrons. The molecule has 54 heavy (non-hydrogen) atoms. The van der Waals surface area contributed by atoms with Gasteiger partial charge in [0.15, 0.2) is 0 Å². The summed E-state index contributed by atoms with van der Waals surface area (Å²) in [6.45, 7) is 0. The average Bonchev–Trinajstić information content (AvgIpc) is 3.79. The molecule has 12 aromatic rings. The molecule has 0 aliphatic carbocycles. The van der Waals surface area contributed by atoms with Crippen molar-refractivity contribution in [1.82, 2.24) is 0 Å². The Balaban J connectivity index is 1.16. The van der Waals surface area contributed by atoms with Crippen molar-refractivity contribution in [2.45, 2.75) is 0 Å². The maximum atomic E-state index is 6.88. The number of hydrogen-bond acceptors (Lipinski definition) is 2. The van der Waals surface area contributed by atoms with E-state index in [9.17, 15) is 0 Å². The Bertz CT molecular complexity index is 3440. The van der Waals surface area contributed by atoms with E-state index in [-0.39, 0.29) is 0 Å². The molecule has 10 aromatic carbocycles. The molecule has 0 saturated carbocycles. The van der Waals surface area contributed by atoms with Crippen LogP contribution >= 0.6 is 0 Å². The molecule has 0 atom stereocenters. The summed E-state index contributed by atoms with van der Waals surface area (Å²) in [6.07, 6.45) is 0. The molecule has 0 bridgehead atoms. The second-order valence-electron chi connectivity index (χ2n) is 14.3. The first-order chi connectivity index (χ1) is 26.8. The van der Waals surface area contributed by atoms with Gasteiger partial charge in [0.1, 0.15) is 22.3 Å². The van der Waals surface area contributed by atoms with E-state index in [1.807, 2.05) is 6.07 Å². The number of hydrogen-bond donors (Lipinski definition) is 0. The summed E-state index contributed by atoms with van der Waals surface area (Å²) >= 11 is 0. The van der Waals surface area contributed by atoms with Crippen LogP contribution in [0, 0.1) is 0 Å². The molecule has 2 heteroatoms. The number of furan rings is 2. The Labute approximate surface area is 310 Å². The van der Waals surface area contributed by atoms with Gasteiger partial charge in [0, 0.05) is 21.7 Å². The van der Waals surface area contributed by atoms with Crippen LogP contribution in [0.25, 0.3) is 120 Å². The lowest BCUT2D eigenvalue weighted by Crippen LogP contribution is -1.92. The van der Waals surface area contributed by atoms with Crippen LogP contribution in [-0.2, 0) is 0 Å². The predicted octanol–water partition coefficient (Wildman–Crippen LogP) is 15.1. The summed E-state index contributed by atoms with van der Waals surface area (Å²) in [6, 6.07) is 65.6. The van der Waals surface area contributed by atoms with Gasteiger partial charge < -0.3 is 8.83 Å². The second-order valence-corrected chi connectivity index (χ2v) is 14.3. The lowest BCUT2D eigenvalue weighted by atomic mass is 9.84. The molecule has 2 heterocycles. The first-order valence-corrected chi connectivity index (χ1v) is 18.5. The van der Waals surface area contributed by atoms with E-state index < -0.39 is 0 Å². The second kappa shape index (κ2) is 11.2. The summed E-state index contributed by atoms with van der Waals surface area (Å²) in [7, 11) is 0. The zero-order valence-electron chi connectivity index (χ0n) is 29.1. The fraction of sp³-hybridized carbons (Fsp3) is 0. The molecule has 2 nitrogen and oxygen atoms in total. The first-order valence-electron chi connectivity index (χ1n) is 18.5. The van der Waals surface area contributed by atoms with Crippen LogP contribution in [0.3, 0.4) is 0 Å². The lowest BCUT2D eigenvalue weighted by Gasteiger charge is -2.19. The van der Waals surface area contributed by atoms with Crippen molar-refractivity contribution >= 4 is 87.0 Å². The molecule has 0 fully saturated rings. The van der Waals surface area contributed by atoms with Gasteiger partial charge in [-0.15, -0.1) is 0 Å². The number of fused-ring (bicyclic) bond motifs is 11. The minimum absolute atomic E-state index is 0.838. The van der Waals surface area contributed by atoms with Gasteiger partial charge in [0.2, 0.25) is 0 Å². The quantitative estimate of drug-likeness (QED) is 0.173. The Kier molecular flexibility index (Phi) is 6.09. The Morgan fingerprint density at radius 2 is 0.833 bits per heavy atom. The molecule has 2 aromatic heterocycles. The summed E-state index contributed by atoms with van der Waals surface area (Å²) < 4.78 is 13.5. The largest absolute Gasteiger partial charge is 0.455 e. The van der Waals surface area contributed by atoms with E-state index in [4.69, 9.17) is 8.83 Å². The highest BCUT2D eigenvalue weighted by atomic mass is 16.3. The van der Waals surface area contributed by atoms with Crippen LogP contribution in [0.15, 0.2) is 191 Å². The van der Waals surface area contributed by atoms with Crippen molar-refractivity contribution < 1.29 is 8.83 Å². The summed E-state index contributed by atoms with van der Waals surface area (Å²) in [5.41, 5.74) is 10.5. The molecule has 0 N–H and O–H groups in total. The number of para-hydroxylation sites is 1. The molecular weight excluding hydrogens is 657 g/mol. The summed E-state index contributed by atoms with van der Waals surface area (Å²) in [4.78, 5) is 0. The van der Waals surface area contributed by atoms with Crippen LogP contribution < -0.4 is 0 Å². The van der Waals surface area contributed by atoms with E-state index in [1.165, 1.54) is 54.4 Å². The molecule has 0 amide bonds. The molecule has 0 saturated heterocycles. The highest BCUT2D eigenvalue weighted by Crippen LogP contribution is 2.48. The Hall–Kier alpha value is -7.16. The molecule has 0 radical (unpaired) electrons. The highest BCUT2D eigenvalue weighted by Gasteiger charge is 2.23. The topological polar surface area (TPSA) is 26.3 Å². The summed E-state index contributed by atoms with van der Waals surface area (Å²) in [5, 5.41) is 14.0. The first kappa shape index (κ1) is 29.4. The van der Waals surface area contributed by atoms with Crippen molar-refractivity contribution in [2.24, 2.45) is 0 Å². The van der Waals surface area contributed by atoms with Crippen molar-refractivity contribution in [1.29, 1.82) is 0 Å². The van der Waals surface area contributed by atoms with Crippen molar-refractivity contribution in [3.63, 3.8) is 0 Å². The van der Waals surface area contributed by atoms with E-state index in [0.717, 1.165) is 66.0 Å². The molecule has 0 aliphatic heterocycles. The summed E-state index contributed by atoms with van der Waals surface area (Å²) in [5.74, 6) is 0. The van der Waals surface area contributed by atoms with Gasteiger partial charge in [0.25, 0.3) is 0 Å². The highest BCUT2D eigenvalue weighted by molar-refractivity contribution is 6.27. The van der Waals surface area contributed by atoms with Gasteiger partial charge >= 0.3 is 0 Å². The SMILES string of the molecule is c1cc(-c2c3ccccc3c(-c3cccc4ccccc34)c3ccccc23)cc(-c2cc3c4ccccc4oc3c3c2oc2cc4ccccc4cc23)c1. The van der Waals surface area contributed by atoms with Gasteiger partial charge in [-0.1, -0.05) is 152 Å². The van der Waals surface area contributed by atoms with Crippen LogP contribution in [-0.4, -0.2) is 0 Å². The van der Waals surface area contributed by atoms with Crippen molar-refractivity contribution in [3.8, 4) is 33.4 Å². The monoisotopic (exact) mass is 686 g/mol. The molecule has 0 aliphatic rings. The van der Waals surface area contributed by atoms with Crippen LogP contribution in [0.1, 0.15) is 0 Å². The van der Waals surface area contributed by atoms with Gasteiger partial charge in [-0.25, -0.2) is 0 Å². The third-order valence-corrected chi connectivity index (χ3v) is 11.4. The maximum Gasteiger partial charge on any atom is 0.147 e. The average molecular weight is 687 g/mol. The van der Waals surface area contributed by atoms with Crippen molar-refractivity contribution in [2.75, 3.05) is 0 Å². The lowest BCUT2D eigenvalue weighted by molar-refractivity contribution is 0.664. The predicted molar refractivity (Wildman–Crippen MR) is 227 cm³/mol. The Morgan fingerprint density at radius 1 is 0.278 bits per heavy atom. The van der Waals surface area contributed by atoms with Crippen LogP contribution in [0.2, 0.25) is 0 Å². The van der Waals surface area contributed by atoms with E-state index in [1.54, 1.807) is 0 Å². The fourth-order valence-corrected chi connectivity index (χ4v) is 9.03. The fourth-order valence-electron chi connectivity index (χ4n) is 9.03. The Morgan fingerprint density at radius 3 is 1.59 bits per heavy atom. The third-order valence-electron chi connectivity index (χ3n) is 11.4. The standard InChI is InChI=1S/C52H30O2/c1-2-15-33-29-47-45(28-32(33)14-1)50-51(54-47)43(30-44-37-20-9-10-26-46(37)53-52(44)50)34-17-11-18-35(27-34)48-39-21-5-7-23-41(39)49(42-24-8-6-22-40(42)48)38-25-12-16-31-13-3-4-19-36(31)38/h1-30H. The van der Waals surface area contributed by atoms with Gasteiger partial charge in [-0.2, -0.15) is 0 Å². The van der Waals surface area contributed by atoms with E-state index >= 15 is 0 Å². The van der Waals surface area contributed by atoms with Gasteiger partial charge in [-0.05, 0) is 101 Å². The molecule has 12 rings (SSSR count). The zero-order valence-corrected chi connectivity index (χ0v) is 29.1.